The number of nitrogens with one attached hydrogen (secondary N) is 1. The minimum atomic E-state index is 0. The van der Waals surface area contributed by atoms with Crippen molar-refractivity contribution < 1.29 is 0 Å². The van der Waals surface area contributed by atoms with Crippen LogP contribution in [0.15, 0.2) is 17.4 Å². The van der Waals surface area contributed by atoms with E-state index in [0.29, 0.717) is 5.92 Å². The number of aromatic nitrogens is 2. The van der Waals surface area contributed by atoms with Crippen LogP contribution in [0.1, 0.15) is 69.8 Å². The highest BCUT2D eigenvalue weighted by atomic mass is 127. The molecule has 0 radical (unpaired) electrons. The minimum absolute atomic E-state index is 0. The Kier molecular flexibility index (Phi) is 9.22. The van der Waals surface area contributed by atoms with E-state index < -0.39 is 0 Å². The summed E-state index contributed by atoms with van der Waals surface area (Å²) in [6.07, 6.45) is 15.1. The molecule has 3 rings (SSSR count). The summed E-state index contributed by atoms with van der Waals surface area (Å²) in [6, 6.07) is 0. The second kappa shape index (κ2) is 11.1. The molecule has 1 saturated heterocycles. The number of guanidine groups is 1. The molecule has 1 aliphatic carbocycles. The summed E-state index contributed by atoms with van der Waals surface area (Å²) in [7, 11) is 2.00. The summed E-state index contributed by atoms with van der Waals surface area (Å²) in [5, 5.41) is 7.86. The molecular weight excluding hydrogens is 437 g/mol. The van der Waals surface area contributed by atoms with Gasteiger partial charge in [0.25, 0.3) is 0 Å². The molecule has 1 saturated carbocycles. The molecule has 2 fully saturated rings. The Labute approximate surface area is 176 Å². The van der Waals surface area contributed by atoms with Crippen molar-refractivity contribution >= 4 is 29.9 Å². The van der Waals surface area contributed by atoms with Crippen molar-refractivity contribution in [1.82, 2.24) is 20.0 Å². The van der Waals surface area contributed by atoms with Crippen molar-refractivity contribution in [2.75, 3.05) is 26.2 Å². The summed E-state index contributed by atoms with van der Waals surface area (Å²) in [5.41, 5.74) is 1.36. The van der Waals surface area contributed by atoms with Crippen LogP contribution in [0.2, 0.25) is 0 Å². The Morgan fingerprint density at radius 1 is 1.19 bits per heavy atom. The lowest BCUT2D eigenvalue weighted by Gasteiger charge is -2.23. The molecular formula is C20H36IN5. The normalized spacial score (nSPS) is 22.6. The summed E-state index contributed by atoms with van der Waals surface area (Å²) in [6.45, 7) is 6.26. The van der Waals surface area contributed by atoms with Gasteiger partial charge in [-0.3, -0.25) is 9.67 Å². The molecule has 1 N–H and O–H groups in total. The van der Waals surface area contributed by atoms with Crippen molar-refractivity contribution in [2.24, 2.45) is 18.0 Å². The van der Waals surface area contributed by atoms with Crippen molar-refractivity contribution in [2.45, 2.75) is 64.2 Å². The van der Waals surface area contributed by atoms with Crippen LogP contribution in [-0.4, -0.2) is 46.8 Å². The lowest BCUT2D eigenvalue weighted by atomic mass is 9.91. The van der Waals surface area contributed by atoms with Gasteiger partial charge in [-0.2, -0.15) is 5.10 Å². The molecule has 26 heavy (non-hydrogen) atoms. The summed E-state index contributed by atoms with van der Waals surface area (Å²) < 4.78 is 1.91. The molecule has 2 heterocycles. The largest absolute Gasteiger partial charge is 0.357 e. The molecule has 1 atom stereocenters. The Hall–Kier alpha value is -0.790. The quantitative estimate of drug-likeness (QED) is 0.406. The van der Waals surface area contributed by atoms with Gasteiger partial charge in [-0.25, -0.2) is 0 Å². The number of aliphatic imine (C=N–C) groups is 1. The molecule has 5 nitrogen and oxygen atoms in total. The van der Waals surface area contributed by atoms with Gasteiger partial charge < -0.3 is 10.2 Å². The SMILES string of the molecule is CCNC(=NCC1CCCCCCC1)N1CCC(c2cnn(C)c2)C1.I. The standard InChI is InChI=1S/C20H35N5.HI/c1-3-21-20(22-13-17-9-7-5-4-6-8-10-17)25-12-11-18(16-25)19-14-23-24(2)15-19;/h14-15,17-18H,3-13,16H2,1-2H3,(H,21,22);1H. The van der Waals surface area contributed by atoms with Crippen LogP contribution in [0.4, 0.5) is 0 Å². The molecule has 1 unspecified atom stereocenters. The zero-order chi connectivity index (χ0) is 17.5. The maximum absolute atomic E-state index is 5.04. The molecule has 6 heteroatoms. The van der Waals surface area contributed by atoms with Crippen molar-refractivity contribution in [3.8, 4) is 0 Å². The van der Waals surface area contributed by atoms with Crippen LogP contribution in [0, 0.1) is 5.92 Å². The highest BCUT2D eigenvalue weighted by molar-refractivity contribution is 14.0. The van der Waals surface area contributed by atoms with E-state index in [-0.39, 0.29) is 24.0 Å². The molecule has 1 aromatic heterocycles. The number of hydrogen-bond donors (Lipinski definition) is 1. The minimum Gasteiger partial charge on any atom is -0.357 e. The topological polar surface area (TPSA) is 45.5 Å². The third-order valence-corrected chi connectivity index (χ3v) is 5.74. The first-order valence-electron chi connectivity index (χ1n) is 10.3. The first kappa shape index (κ1) is 21.5. The van der Waals surface area contributed by atoms with Crippen molar-refractivity contribution in [3.63, 3.8) is 0 Å². The Balaban J connectivity index is 0.00000243. The van der Waals surface area contributed by atoms with Crippen LogP contribution in [0.3, 0.4) is 0 Å². The van der Waals surface area contributed by atoms with Gasteiger partial charge in [-0.1, -0.05) is 32.1 Å². The van der Waals surface area contributed by atoms with Gasteiger partial charge in [0.2, 0.25) is 0 Å². The van der Waals surface area contributed by atoms with Crippen molar-refractivity contribution in [3.05, 3.63) is 18.0 Å². The first-order valence-corrected chi connectivity index (χ1v) is 10.3. The predicted molar refractivity (Wildman–Crippen MR) is 119 cm³/mol. The number of likely N-dealkylation sites (tertiary alicyclic amines) is 1. The highest BCUT2D eigenvalue weighted by Crippen LogP contribution is 2.27. The van der Waals surface area contributed by atoms with Gasteiger partial charge in [-0.05, 0) is 37.7 Å². The van der Waals surface area contributed by atoms with Gasteiger partial charge >= 0.3 is 0 Å². The van der Waals surface area contributed by atoms with E-state index >= 15 is 0 Å². The zero-order valence-corrected chi connectivity index (χ0v) is 18.8. The average Bonchev–Trinajstić information content (AvgIpc) is 3.21. The van der Waals surface area contributed by atoms with Gasteiger partial charge in [-0.15, -0.1) is 24.0 Å². The summed E-state index contributed by atoms with van der Waals surface area (Å²) >= 11 is 0. The monoisotopic (exact) mass is 473 g/mol. The molecule has 0 spiro atoms. The summed E-state index contributed by atoms with van der Waals surface area (Å²) in [4.78, 5) is 7.48. The number of halogens is 1. The second-order valence-corrected chi connectivity index (χ2v) is 7.78. The van der Waals surface area contributed by atoms with E-state index in [1.54, 1.807) is 0 Å². The average molecular weight is 473 g/mol. The Bertz CT molecular complexity index is 548. The van der Waals surface area contributed by atoms with Crippen LogP contribution in [-0.2, 0) is 7.05 Å². The lowest BCUT2D eigenvalue weighted by Crippen LogP contribution is -2.40. The molecule has 1 aliphatic heterocycles. The third kappa shape index (κ3) is 6.13. The maximum atomic E-state index is 5.04. The molecule has 2 aliphatic rings. The Morgan fingerprint density at radius 3 is 2.58 bits per heavy atom. The van der Waals surface area contributed by atoms with Crippen LogP contribution in [0.5, 0.6) is 0 Å². The molecule has 0 amide bonds. The maximum Gasteiger partial charge on any atom is 0.193 e. The predicted octanol–water partition coefficient (Wildman–Crippen LogP) is 4.15. The van der Waals surface area contributed by atoms with Gasteiger partial charge in [0.05, 0.1) is 6.20 Å². The fourth-order valence-electron chi connectivity index (χ4n) is 4.24. The van der Waals surface area contributed by atoms with E-state index in [1.165, 1.54) is 56.9 Å². The van der Waals surface area contributed by atoms with E-state index in [2.05, 4.69) is 28.4 Å². The van der Waals surface area contributed by atoms with Gasteiger partial charge in [0, 0.05) is 45.3 Å². The number of aryl methyl sites for hydroxylation is 1. The van der Waals surface area contributed by atoms with Crippen molar-refractivity contribution in [1.29, 1.82) is 0 Å². The fraction of sp³-hybridized carbons (Fsp3) is 0.800. The number of rotatable bonds is 4. The van der Waals surface area contributed by atoms with Gasteiger partial charge in [0.1, 0.15) is 0 Å². The van der Waals surface area contributed by atoms with Crippen LogP contribution >= 0.6 is 24.0 Å². The smallest absolute Gasteiger partial charge is 0.193 e. The molecule has 1 aromatic rings. The van der Waals surface area contributed by atoms with E-state index in [0.717, 1.165) is 38.1 Å². The fourth-order valence-corrected chi connectivity index (χ4v) is 4.24. The highest BCUT2D eigenvalue weighted by Gasteiger charge is 2.27. The van der Waals surface area contributed by atoms with Crippen LogP contribution < -0.4 is 5.32 Å². The number of nitrogens with zero attached hydrogens (tertiary/aromatic N) is 4. The van der Waals surface area contributed by atoms with Crippen LogP contribution in [0.25, 0.3) is 0 Å². The van der Waals surface area contributed by atoms with E-state index in [4.69, 9.17) is 4.99 Å². The van der Waals surface area contributed by atoms with E-state index in [1.807, 2.05) is 17.9 Å². The lowest BCUT2D eigenvalue weighted by molar-refractivity contribution is 0.383. The summed E-state index contributed by atoms with van der Waals surface area (Å²) in [5.74, 6) is 2.49. The van der Waals surface area contributed by atoms with Gasteiger partial charge in [0.15, 0.2) is 5.96 Å². The Morgan fingerprint density at radius 2 is 1.92 bits per heavy atom. The molecule has 148 valence electrons. The number of hydrogen-bond acceptors (Lipinski definition) is 2. The third-order valence-electron chi connectivity index (χ3n) is 5.74. The molecule has 0 bridgehead atoms. The first-order chi connectivity index (χ1) is 12.3. The zero-order valence-electron chi connectivity index (χ0n) is 16.5. The van der Waals surface area contributed by atoms with E-state index in [9.17, 15) is 0 Å². The molecule has 0 aromatic carbocycles. The second-order valence-electron chi connectivity index (χ2n) is 7.78.